The van der Waals surface area contributed by atoms with Crippen LogP contribution < -0.4 is 10.2 Å². The van der Waals surface area contributed by atoms with Gasteiger partial charge in [0, 0.05) is 38.3 Å². The molecule has 2 atom stereocenters. The Hall–Kier alpha value is -3.27. The minimum atomic E-state index is -0.589. The summed E-state index contributed by atoms with van der Waals surface area (Å²) in [4.78, 5) is 20.7. The maximum atomic E-state index is 14.3. The smallest absolute Gasteiger partial charge is 0.322 e. The number of amides is 2. The van der Waals surface area contributed by atoms with Crippen LogP contribution in [-0.2, 0) is 0 Å². The summed E-state index contributed by atoms with van der Waals surface area (Å²) < 4.78 is 29.0. The first-order valence-corrected chi connectivity index (χ1v) is 10.6. The van der Waals surface area contributed by atoms with Crippen LogP contribution in [0.2, 0.25) is 0 Å². The zero-order valence-electron chi connectivity index (χ0n) is 17.6. The van der Waals surface area contributed by atoms with E-state index >= 15 is 0 Å². The third-order valence-corrected chi connectivity index (χ3v) is 5.77. The monoisotopic (exact) mass is 444 g/mol. The summed E-state index contributed by atoms with van der Waals surface area (Å²) in [5.74, 6) is -0.340. The van der Waals surface area contributed by atoms with E-state index in [1.165, 1.54) is 6.20 Å². The van der Waals surface area contributed by atoms with Gasteiger partial charge in [0.15, 0.2) is 5.65 Å². The predicted octanol–water partition coefficient (Wildman–Crippen LogP) is 3.58. The van der Waals surface area contributed by atoms with Gasteiger partial charge in [0.1, 0.15) is 23.2 Å². The van der Waals surface area contributed by atoms with Crippen molar-refractivity contribution in [3.8, 4) is 0 Å². The summed E-state index contributed by atoms with van der Waals surface area (Å²) in [6.07, 6.45) is 8.38. The van der Waals surface area contributed by atoms with E-state index in [-0.39, 0.29) is 18.5 Å². The van der Waals surface area contributed by atoms with Crippen LogP contribution in [0.15, 0.2) is 54.9 Å². The first-order valence-electron chi connectivity index (χ1n) is 10.6. The van der Waals surface area contributed by atoms with Crippen LogP contribution in [0.5, 0.6) is 0 Å². The quantitative estimate of drug-likeness (QED) is 0.666. The van der Waals surface area contributed by atoms with Gasteiger partial charge in [0.25, 0.3) is 0 Å². The molecule has 2 aliphatic rings. The molecule has 4 rings (SSSR count). The molecule has 2 N–H and O–H groups in total. The third kappa shape index (κ3) is 4.80. The molecule has 0 bridgehead atoms. The fourth-order valence-electron chi connectivity index (χ4n) is 4.11. The Morgan fingerprint density at radius 3 is 2.91 bits per heavy atom. The lowest BCUT2D eigenvalue weighted by atomic mass is 10.1. The number of anilines is 2. The Kier molecular flexibility index (Phi) is 6.50. The number of β-amino-alcohol motifs (C(OH)–C–C–N with tert-alkyl or cyclic N) is 1. The number of urea groups is 1. The van der Waals surface area contributed by atoms with Crippen LogP contribution >= 0.6 is 0 Å². The van der Waals surface area contributed by atoms with E-state index in [1.807, 2.05) is 4.90 Å². The Morgan fingerprint density at radius 2 is 2.16 bits per heavy atom. The molecule has 8 nitrogen and oxygen atoms in total. The highest BCUT2D eigenvalue weighted by atomic mass is 19.1. The number of aliphatic hydroxyl groups is 1. The number of aromatic nitrogens is 3. The number of halogens is 2. The number of nitrogens with one attached hydrogen (secondary N) is 1. The normalized spacial score (nSPS) is 22.1. The Labute approximate surface area is 184 Å². The van der Waals surface area contributed by atoms with Gasteiger partial charge in [0.05, 0.1) is 12.3 Å². The number of fused-ring (bicyclic) bond motifs is 1. The maximum Gasteiger partial charge on any atom is 0.322 e. The average Bonchev–Trinajstić information content (AvgIpc) is 3.52. The molecule has 2 saturated heterocycles. The molecule has 170 valence electrons. The first kappa shape index (κ1) is 21.9. The van der Waals surface area contributed by atoms with Crippen molar-refractivity contribution in [2.24, 2.45) is 0 Å². The summed E-state index contributed by atoms with van der Waals surface area (Å²) in [6.45, 7) is 4.81. The summed E-state index contributed by atoms with van der Waals surface area (Å²) >= 11 is 0. The van der Waals surface area contributed by atoms with Crippen LogP contribution in [0, 0.1) is 0 Å². The number of hydrogen-bond donors (Lipinski definition) is 2. The third-order valence-electron chi connectivity index (χ3n) is 5.77. The van der Waals surface area contributed by atoms with E-state index in [1.54, 1.807) is 21.7 Å². The molecule has 32 heavy (non-hydrogen) atoms. The summed E-state index contributed by atoms with van der Waals surface area (Å²) in [6, 6.07) is 1.39. The molecule has 2 aromatic rings. The molecule has 0 spiro atoms. The van der Waals surface area contributed by atoms with Gasteiger partial charge in [-0.25, -0.2) is 23.1 Å². The predicted molar refractivity (Wildman–Crippen MR) is 118 cm³/mol. The molecule has 0 saturated carbocycles. The van der Waals surface area contributed by atoms with Crippen molar-refractivity contribution in [3.05, 3.63) is 54.9 Å². The van der Waals surface area contributed by atoms with Crippen LogP contribution in [0.4, 0.5) is 25.1 Å². The highest BCUT2D eigenvalue weighted by Gasteiger charge is 2.28. The van der Waals surface area contributed by atoms with Gasteiger partial charge in [-0.05, 0) is 43.6 Å². The van der Waals surface area contributed by atoms with Crippen LogP contribution in [0.25, 0.3) is 5.65 Å². The standard InChI is InChI=1S/C22H26F2N6O2/c1-2-15(23)5-6-16(24)12-17-4-3-9-29(17)20-8-11-30-21(27-20)19(13-25-30)26-22(32)28-10-7-18(31)14-28/h2,5-6,8,11,13,17-18,31H,1,3-4,7,9-10,12,14H2,(H,26,32)/b15-5+,16-6+/t17-,18+/m1/s1. The van der Waals surface area contributed by atoms with Crippen molar-refractivity contribution in [2.45, 2.75) is 37.8 Å². The molecular weight excluding hydrogens is 418 g/mol. The highest BCUT2D eigenvalue weighted by molar-refractivity contribution is 5.93. The van der Waals surface area contributed by atoms with E-state index in [4.69, 9.17) is 0 Å². The van der Waals surface area contributed by atoms with Gasteiger partial charge >= 0.3 is 6.03 Å². The van der Waals surface area contributed by atoms with E-state index in [0.29, 0.717) is 36.7 Å². The largest absolute Gasteiger partial charge is 0.391 e. The molecule has 2 aromatic heterocycles. The Morgan fingerprint density at radius 1 is 1.31 bits per heavy atom. The van der Waals surface area contributed by atoms with Gasteiger partial charge in [-0.1, -0.05) is 6.58 Å². The molecule has 10 heteroatoms. The van der Waals surface area contributed by atoms with Gasteiger partial charge in [-0.15, -0.1) is 0 Å². The molecular formula is C22H26F2N6O2. The number of allylic oxidation sites excluding steroid dienone is 4. The first-order chi connectivity index (χ1) is 15.4. The van der Waals surface area contributed by atoms with E-state index in [2.05, 4.69) is 22.0 Å². The lowest BCUT2D eigenvalue weighted by molar-refractivity contribution is 0.176. The number of aliphatic hydroxyl groups excluding tert-OH is 1. The van der Waals surface area contributed by atoms with Crippen molar-refractivity contribution < 1.29 is 18.7 Å². The summed E-state index contributed by atoms with van der Waals surface area (Å²) in [5.41, 5.74) is 0.943. The van der Waals surface area contributed by atoms with E-state index in [9.17, 15) is 18.7 Å². The fraction of sp³-hybridized carbons (Fsp3) is 0.409. The molecule has 2 fully saturated rings. The second kappa shape index (κ2) is 9.47. The van der Waals surface area contributed by atoms with Crippen molar-refractivity contribution >= 4 is 23.2 Å². The molecule has 4 heterocycles. The second-order valence-corrected chi connectivity index (χ2v) is 7.99. The molecule has 0 aliphatic carbocycles. The number of likely N-dealkylation sites (tertiary alicyclic amines) is 1. The van der Waals surface area contributed by atoms with Gasteiger partial charge in [-0.2, -0.15) is 5.10 Å². The van der Waals surface area contributed by atoms with Crippen LogP contribution in [-0.4, -0.2) is 62.4 Å². The SMILES string of the molecule is C=C/C(F)=C\C=C(\F)C[C@H]1CCCN1c1ccn2ncc(NC(=O)N3CC[C@H](O)C3)c2n1. The van der Waals surface area contributed by atoms with Crippen molar-refractivity contribution in [1.82, 2.24) is 19.5 Å². The van der Waals surface area contributed by atoms with E-state index in [0.717, 1.165) is 37.6 Å². The van der Waals surface area contributed by atoms with Crippen molar-refractivity contribution in [1.29, 1.82) is 0 Å². The summed E-state index contributed by atoms with van der Waals surface area (Å²) in [7, 11) is 0. The van der Waals surface area contributed by atoms with Crippen LogP contribution in [0.3, 0.4) is 0 Å². The average molecular weight is 444 g/mol. The molecule has 0 aromatic carbocycles. The number of rotatable bonds is 6. The second-order valence-electron chi connectivity index (χ2n) is 7.99. The molecule has 0 unspecified atom stereocenters. The van der Waals surface area contributed by atoms with Crippen molar-refractivity contribution in [3.63, 3.8) is 0 Å². The lowest BCUT2D eigenvalue weighted by Gasteiger charge is -2.25. The molecule has 2 aliphatic heterocycles. The number of carbonyl (C=O) groups is 1. The highest BCUT2D eigenvalue weighted by Crippen LogP contribution is 2.29. The minimum Gasteiger partial charge on any atom is -0.391 e. The van der Waals surface area contributed by atoms with Crippen molar-refractivity contribution in [2.75, 3.05) is 29.9 Å². The number of carbonyl (C=O) groups excluding carboxylic acids is 1. The van der Waals surface area contributed by atoms with E-state index < -0.39 is 17.8 Å². The molecule has 2 amide bonds. The Balaban J connectivity index is 1.50. The lowest BCUT2D eigenvalue weighted by Crippen LogP contribution is -2.33. The number of hydrogen-bond acceptors (Lipinski definition) is 5. The topological polar surface area (TPSA) is 86.0 Å². The maximum absolute atomic E-state index is 14.3. The van der Waals surface area contributed by atoms with Crippen LogP contribution in [0.1, 0.15) is 25.7 Å². The summed E-state index contributed by atoms with van der Waals surface area (Å²) in [5, 5.41) is 16.7. The van der Waals surface area contributed by atoms with Gasteiger partial charge in [-0.3, -0.25) is 0 Å². The zero-order valence-corrected chi connectivity index (χ0v) is 17.6. The number of nitrogens with zero attached hydrogens (tertiary/aromatic N) is 5. The Bertz CT molecular complexity index is 1070. The molecule has 0 radical (unpaired) electrons. The fourth-order valence-corrected chi connectivity index (χ4v) is 4.11. The van der Waals surface area contributed by atoms with Gasteiger partial charge in [0.2, 0.25) is 0 Å². The minimum absolute atomic E-state index is 0.103. The zero-order chi connectivity index (χ0) is 22.7. The van der Waals surface area contributed by atoms with Gasteiger partial charge < -0.3 is 20.2 Å².